The predicted octanol–water partition coefficient (Wildman–Crippen LogP) is 2.33. The Morgan fingerprint density at radius 1 is 1.05 bits per heavy atom. The van der Waals surface area contributed by atoms with Gasteiger partial charge in [-0.15, -0.1) is 0 Å². The zero-order chi connectivity index (χ0) is 14.8. The lowest BCUT2D eigenvalue weighted by Gasteiger charge is -2.20. The Morgan fingerprint density at radius 2 is 1.63 bits per heavy atom. The van der Waals surface area contributed by atoms with E-state index >= 15 is 0 Å². The van der Waals surface area contributed by atoms with Gasteiger partial charge in [-0.3, -0.25) is 4.79 Å². The average molecular weight is 335 g/mol. The number of unbranched alkanes of at least 4 members (excludes halogenated alkanes) is 1. The molecule has 0 aliphatic heterocycles. The number of hydrogen-bond donors (Lipinski definition) is 0. The summed E-state index contributed by atoms with van der Waals surface area (Å²) in [6.07, 6.45) is 2.39. The van der Waals surface area contributed by atoms with E-state index in [4.69, 9.17) is 40.1 Å². The van der Waals surface area contributed by atoms with Crippen LogP contribution in [0.15, 0.2) is 0 Å². The van der Waals surface area contributed by atoms with E-state index in [2.05, 4.69) is 0 Å². The van der Waals surface area contributed by atoms with Crippen molar-refractivity contribution < 1.29 is 9.53 Å². The maximum absolute atomic E-state index is 11.8. The smallest absolute Gasteiger partial charge is 0.324 e. The number of nitrogens with zero attached hydrogens (tertiary/aromatic N) is 3. The highest BCUT2D eigenvalue weighted by atomic mass is 35.5. The van der Waals surface area contributed by atoms with E-state index in [1.807, 2.05) is 0 Å². The number of ether oxygens (including phenoxy) is 1. The summed E-state index contributed by atoms with van der Waals surface area (Å²) in [6, 6.07) is -0.442. The van der Waals surface area contributed by atoms with E-state index in [-0.39, 0.29) is 12.6 Å². The molecule has 0 aromatic rings. The molecule has 0 saturated carbocycles. The molecule has 0 amide bonds. The number of halogens is 3. The van der Waals surface area contributed by atoms with Gasteiger partial charge in [0.1, 0.15) is 12.6 Å². The molecule has 0 aromatic heterocycles. The van der Waals surface area contributed by atoms with Crippen LogP contribution in [0.25, 0.3) is 0 Å². The molecule has 0 saturated heterocycles. The van der Waals surface area contributed by atoms with Crippen molar-refractivity contribution in [2.75, 3.05) is 40.8 Å². The fraction of sp³-hybridized carbons (Fsp3) is 0.909. The molecule has 19 heavy (non-hydrogen) atoms. The molecule has 0 unspecified atom stereocenters. The minimum absolute atomic E-state index is 0.254. The number of hydrogen-bond acceptors (Lipinski definition) is 5. The van der Waals surface area contributed by atoms with Crippen molar-refractivity contribution in [2.45, 2.75) is 25.3 Å². The van der Waals surface area contributed by atoms with Crippen LogP contribution in [-0.4, -0.2) is 66.1 Å². The standard InChI is InChI=1S/C11H22Cl3N3O2/c1-15(12)7-5-4-6-10(17(3)14)11(18)19-9-8-16(2)13/h10H,4-9H2,1-3H3/t10-/m0/s1. The monoisotopic (exact) mass is 333 g/mol. The quantitative estimate of drug-likeness (QED) is 0.348. The molecule has 5 nitrogen and oxygen atoms in total. The fourth-order valence-corrected chi connectivity index (χ4v) is 1.84. The molecule has 0 rings (SSSR count). The zero-order valence-corrected chi connectivity index (χ0v) is 13.9. The molecule has 114 valence electrons. The molecule has 0 aliphatic rings. The van der Waals surface area contributed by atoms with E-state index < -0.39 is 6.04 Å². The molecule has 0 fully saturated rings. The topological polar surface area (TPSA) is 36.0 Å². The second kappa shape index (κ2) is 10.9. The van der Waals surface area contributed by atoms with Crippen molar-refractivity contribution >= 4 is 41.3 Å². The molecule has 0 N–H and O–H groups in total. The van der Waals surface area contributed by atoms with Gasteiger partial charge in [0.15, 0.2) is 0 Å². The maximum Gasteiger partial charge on any atom is 0.324 e. The van der Waals surface area contributed by atoms with E-state index in [1.165, 1.54) is 8.84 Å². The number of esters is 1. The number of carbonyl (C=O) groups is 1. The van der Waals surface area contributed by atoms with Gasteiger partial charge in [-0.05, 0) is 54.6 Å². The Balaban J connectivity index is 3.99. The van der Waals surface area contributed by atoms with Crippen molar-refractivity contribution in [1.29, 1.82) is 0 Å². The minimum atomic E-state index is -0.442. The summed E-state index contributed by atoms with van der Waals surface area (Å²) in [5.41, 5.74) is 0. The number of rotatable bonds is 10. The maximum atomic E-state index is 11.8. The van der Waals surface area contributed by atoms with Crippen molar-refractivity contribution in [2.24, 2.45) is 0 Å². The van der Waals surface area contributed by atoms with Gasteiger partial charge in [-0.25, -0.2) is 13.3 Å². The molecule has 0 aromatic carbocycles. The Bertz CT molecular complexity index is 253. The first kappa shape index (κ1) is 19.2. The summed E-state index contributed by atoms with van der Waals surface area (Å²) in [5, 5.41) is 0. The number of likely N-dealkylation sites (N-methyl/N-ethyl adjacent to an activating group) is 2. The number of carbonyl (C=O) groups excluding carboxylic acids is 1. The summed E-state index contributed by atoms with van der Waals surface area (Å²) >= 11 is 17.2. The summed E-state index contributed by atoms with van der Waals surface area (Å²) in [7, 11) is 5.14. The molecule has 1 atom stereocenters. The van der Waals surface area contributed by atoms with Crippen molar-refractivity contribution in [3.8, 4) is 0 Å². The van der Waals surface area contributed by atoms with Crippen LogP contribution in [0.5, 0.6) is 0 Å². The van der Waals surface area contributed by atoms with E-state index in [0.717, 1.165) is 19.4 Å². The van der Waals surface area contributed by atoms with Crippen LogP contribution in [0, 0.1) is 0 Å². The van der Waals surface area contributed by atoms with Crippen LogP contribution in [0.1, 0.15) is 19.3 Å². The summed E-state index contributed by atoms with van der Waals surface area (Å²) < 4.78 is 9.51. The van der Waals surface area contributed by atoms with E-state index in [0.29, 0.717) is 13.0 Å². The molecular formula is C11H22Cl3N3O2. The largest absolute Gasteiger partial charge is 0.463 e. The highest BCUT2D eigenvalue weighted by Gasteiger charge is 2.23. The van der Waals surface area contributed by atoms with E-state index in [1.54, 1.807) is 25.6 Å². The normalized spacial score (nSPS) is 13.3. The second-order valence-electron chi connectivity index (χ2n) is 4.36. The van der Waals surface area contributed by atoms with Gasteiger partial charge in [0, 0.05) is 34.2 Å². The summed E-state index contributed by atoms with van der Waals surface area (Å²) in [6.45, 7) is 1.50. The SMILES string of the molecule is CN(Cl)CCCC[C@@H](C(=O)OCCN(C)Cl)N(C)Cl. The van der Waals surface area contributed by atoms with Gasteiger partial charge in [0.25, 0.3) is 0 Å². The van der Waals surface area contributed by atoms with Gasteiger partial charge < -0.3 is 4.74 Å². The van der Waals surface area contributed by atoms with Gasteiger partial charge in [0.05, 0.1) is 0 Å². The average Bonchev–Trinajstić information content (AvgIpc) is 2.27. The molecule has 0 heterocycles. The van der Waals surface area contributed by atoms with Crippen molar-refractivity contribution in [1.82, 2.24) is 13.3 Å². The lowest BCUT2D eigenvalue weighted by atomic mass is 10.1. The molecule has 0 radical (unpaired) electrons. The highest BCUT2D eigenvalue weighted by molar-refractivity contribution is 6.14. The summed E-state index contributed by atoms with van der Waals surface area (Å²) in [4.78, 5) is 11.8. The van der Waals surface area contributed by atoms with Crippen LogP contribution >= 0.6 is 35.3 Å². The van der Waals surface area contributed by atoms with Crippen molar-refractivity contribution in [3.63, 3.8) is 0 Å². The van der Waals surface area contributed by atoms with Gasteiger partial charge >= 0.3 is 5.97 Å². The lowest BCUT2D eigenvalue weighted by Crippen LogP contribution is -2.35. The first-order valence-corrected chi connectivity index (χ1v) is 7.15. The predicted molar refractivity (Wildman–Crippen MR) is 79.2 cm³/mol. The molecule has 0 bridgehead atoms. The molecular weight excluding hydrogens is 312 g/mol. The zero-order valence-electron chi connectivity index (χ0n) is 11.6. The first-order chi connectivity index (χ1) is 8.84. The second-order valence-corrected chi connectivity index (χ2v) is 6.05. The van der Waals surface area contributed by atoms with Crippen LogP contribution in [-0.2, 0) is 9.53 Å². The molecule has 8 heteroatoms. The van der Waals surface area contributed by atoms with Gasteiger partial charge in [0.2, 0.25) is 0 Å². The van der Waals surface area contributed by atoms with Gasteiger partial charge in [-0.2, -0.15) is 0 Å². The lowest BCUT2D eigenvalue weighted by molar-refractivity contribution is -0.148. The third-order valence-corrected chi connectivity index (χ3v) is 3.11. The minimum Gasteiger partial charge on any atom is -0.463 e. The molecule has 0 spiro atoms. The Morgan fingerprint density at radius 3 is 2.11 bits per heavy atom. The first-order valence-electron chi connectivity index (χ1n) is 6.13. The fourth-order valence-electron chi connectivity index (χ4n) is 1.48. The van der Waals surface area contributed by atoms with Gasteiger partial charge in [-0.1, -0.05) is 0 Å². The Labute approximate surface area is 130 Å². The Hall–Kier alpha value is 0.220. The third kappa shape index (κ3) is 10.6. The van der Waals surface area contributed by atoms with Crippen LogP contribution in [0.4, 0.5) is 0 Å². The summed E-state index contributed by atoms with van der Waals surface area (Å²) in [5.74, 6) is -0.324. The van der Waals surface area contributed by atoms with Crippen LogP contribution < -0.4 is 0 Å². The Kier molecular flexibility index (Phi) is 11.1. The van der Waals surface area contributed by atoms with E-state index in [9.17, 15) is 4.79 Å². The van der Waals surface area contributed by atoms with Crippen molar-refractivity contribution in [3.05, 3.63) is 0 Å². The van der Waals surface area contributed by atoms with Crippen LogP contribution in [0.3, 0.4) is 0 Å². The van der Waals surface area contributed by atoms with Crippen LogP contribution in [0.2, 0.25) is 0 Å². The highest BCUT2D eigenvalue weighted by Crippen LogP contribution is 2.12. The molecule has 0 aliphatic carbocycles. The third-order valence-electron chi connectivity index (χ3n) is 2.54.